The Morgan fingerprint density at radius 1 is 1.13 bits per heavy atom. The molecule has 0 heterocycles. The van der Waals surface area contributed by atoms with Crippen LogP contribution in [0.1, 0.15) is 92.9 Å². The van der Waals surface area contributed by atoms with Crippen molar-refractivity contribution < 1.29 is 10.2 Å². The maximum absolute atomic E-state index is 11.3. The zero-order valence-corrected chi connectivity index (χ0v) is 20.3. The molecule has 0 unspecified atom stereocenters. The molecule has 0 aromatic heterocycles. The molecule has 0 aromatic rings. The van der Waals surface area contributed by atoms with Crippen LogP contribution in [0.2, 0.25) is 0 Å². The van der Waals surface area contributed by atoms with E-state index < -0.39 is 0 Å². The van der Waals surface area contributed by atoms with Crippen LogP contribution in [0.3, 0.4) is 0 Å². The number of aliphatic hydroxyl groups is 2. The summed E-state index contributed by atoms with van der Waals surface area (Å²) in [6.07, 6.45) is 13.5. The van der Waals surface area contributed by atoms with Gasteiger partial charge in [0.1, 0.15) is 0 Å². The zero-order chi connectivity index (χ0) is 21.8. The SMILES string of the molecule is C/C(=C\C[C@@H](C)[C@H]1[C@@H](O)C[C@H]2[C@@H]3CC=C4C[C@@H](O)CC[C@]4(C)[C@H]3CC[C@]12C)C(C)C. The van der Waals surface area contributed by atoms with Crippen molar-refractivity contribution >= 4 is 0 Å². The molecule has 0 bridgehead atoms. The van der Waals surface area contributed by atoms with Crippen LogP contribution in [-0.4, -0.2) is 22.4 Å². The number of fused-ring (bicyclic) bond motifs is 5. The molecular formula is C28H46O2. The Kier molecular flexibility index (Phi) is 6.08. The van der Waals surface area contributed by atoms with Crippen LogP contribution in [0, 0.1) is 46.3 Å². The van der Waals surface area contributed by atoms with Gasteiger partial charge >= 0.3 is 0 Å². The van der Waals surface area contributed by atoms with Crippen LogP contribution in [0.15, 0.2) is 23.3 Å². The van der Waals surface area contributed by atoms with Gasteiger partial charge in [0.25, 0.3) is 0 Å². The van der Waals surface area contributed by atoms with Gasteiger partial charge in [0.2, 0.25) is 0 Å². The van der Waals surface area contributed by atoms with Crippen molar-refractivity contribution in [1.29, 1.82) is 0 Å². The van der Waals surface area contributed by atoms with E-state index in [1.54, 1.807) is 5.57 Å². The molecule has 0 saturated heterocycles. The van der Waals surface area contributed by atoms with Gasteiger partial charge in [-0.1, -0.05) is 57.9 Å². The van der Waals surface area contributed by atoms with E-state index >= 15 is 0 Å². The maximum atomic E-state index is 11.3. The van der Waals surface area contributed by atoms with E-state index in [-0.39, 0.29) is 23.0 Å². The predicted molar refractivity (Wildman–Crippen MR) is 125 cm³/mol. The van der Waals surface area contributed by atoms with Gasteiger partial charge in [-0.25, -0.2) is 0 Å². The van der Waals surface area contributed by atoms with Crippen molar-refractivity contribution in [2.24, 2.45) is 46.3 Å². The van der Waals surface area contributed by atoms with Gasteiger partial charge in [-0.3, -0.25) is 0 Å². The summed E-state index contributed by atoms with van der Waals surface area (Å²) in [5, 5.41) is 21.5. The molecule has 4 rings (SSSR count). The minimum absolute atomic E-state index is 0.129. The summed E-state index contributed by atoms with van der Waals surface area (Å²) in [5.74, 6) is 3.68. The molecule has 0 spiro atoms. The lowest BCUT2D eigenvalue weighted by Crippen LogP contribution is -2.51. The van der Waals surface area contributed by atoms with E-state index in [1.807, 2.05) is 0 Å². The Labute approximate surface area is 185 Å². The third kappa shape index (κ3) is 3.54. The van der Waals surface area contributed by atoms with Gasteiger partial charge in [-0.15, -0.1) is 0 Å². The third-order valence-electron chi connectivity index (χ3n) is 10.5. The quantitative estimate of drug-likeness (QED) is 0.514. The van der Waals surface area contributed by atoms with Crippen LogP contribution < -0.4 is 0 Å². The number of hydrogen-bond acceptors (Lipinski definition) is 2. The second-order valence-corrected chi connectivity index (χ2v) is 12.3. The van der Waals surface area contributed by atoms with Gasteiger partial charge in [0, 0.05) is 0 Å². The molecule has 4 aliphatic rings. The number of allylic oxidation sites excluding steroid dienone is 3. The van der Waals surface area contributed by atoms with Crippen LogP contribution >= 0.6 is 0 Å². The predicted octanol–water partition coefficient (Wildman–Crippen LogP) is 6.53. The fraction of sp³-hybridized carbons (Fsp3) is 0.857. The monoisotopic (exact) mass is 414 g/mol. The van der Waals surface area contributed by atoms with Gasteiger partial charge in [0.15, 0.2) is 0 Å². The lowest BCUT2D eigenvalue weighted by molar-refractivity contribution is -0.0609. The molecule has 0 aromatic carbocycles. The van der Waals surface area contributed by atoms with Crippen LogP contribution in [0.5, 0.6) is 0 Å². The molecule has 3 saturated carbocycles. The third-order valence-corrected chi connectivity index (χ3v) is 10.5. The highest BCUT2D eigenvalue weighted by molar-refractivity contribution is 5.25. The highest BCUT2D eigenvalue weighted by atomic mass is 16.3. The Hall–Kier alpha value is -0.600. The first-order chi connectivity index (χ1) is 14.1. The van der Waals surface area contributed by atoms with Crippen molar-refractivity contribution in [2.75, 3.05) is 0 Å². The van der Waals surface area contributed by atoms with E-state index in [0.29, 0.717) is 29.6 Å². The molecule has 2 N–H and O–H groups in total. The number of rotatable bonds is 4. The maximum Gasteiger partial charge on any atom is 0.0579 e. The highest BCUT2D eigenvalue weighted by Crippen LogP contribution is 2.67. The van der Waals surface area contributed by atoms with E-state index in [9.17, 15) is 10.2 Å². The summed E-state index contributed by atoms with van der Waals surface area (Å²) in [6, 6.07) is 0. The average Bonchev–Trinajstić information content (AvgIpc) is 2.96. The molecule has 2 nitrogen and oxygen atoms in total. The zero-order valence-electron chi connectivity index (χ0n) is 20.3. The second kappa shape index (κ2) is 8.07. The van der Waals surface area contributed by atoms with E-state index in [0.717, 1.165) is 38.0 Å². The summed E-state index contributed by atoms with van der Waals surface area (Å²) in [6.45, 7) is 14.2. The standard InChI is InChI=1S/C28H46O2/c1-17(2)18(3)7-8-19(4)26-25(30)16-24-22-10-9-20-15-21(29)11-13-27(20,5)23(22)12-14-28(24,26)6/h7,9,17,19,21-26,29-30H,8,10-16H2,1-6H3/b18-7+/t19-,21+,22-,23+,24+,25+,26+,27+,28+/m1/s1. The van der Waals surface area contributed by atoms with Gasteiger partial charge < -0.3 is 10.2 Å². The molecule has 3 fully saturated rings. The Morgan fingerprint density at radius 2 is 1.87 bits per heavy atom. The fourth-order valence-electron chi connectivity index (χ4n) is 8.48. The Morgan fingerprint density at radius 3 is 2.57 bits per heavy atom. The summed E-state index contributed by atoms with van der Waals surface area (Å²) in [4.78, 5) is 0. The first-order valence-corrected chi connectivity index (χ1v) is 12.8. The highest BCUT2D eigenvalue weighted by Gasteiger charge is 2.61. The molecule has 9 atom stereocenters. The summed E-state index contributed by atoms with van der Waals surface area (Å²) in [7, 11) is 0. The lowest BCUT2D eigenvalue weighted by atomic mass is 9.47. The van der Waals surface area contributed by atoms with Crippen molar-refractivity contribution in [2.45, 2.75) is 105 Å². The molecule has 170 valence electrons. The average molecular weight is 415 g/mol. The van der Waals surface area contributed by atoms with E-state index in [1.165, 1.54) is 24.8 Å². The Balaban J connectivity index is 1.56. The summed E-state index contributed by atoms with van der Waals surface area (Å²) >= 11 is 0. The van der Waals surface area contributed by atoms with Crippen LogP contribution in [-0.2, 0) is 0 Å². The minimum atomic E-state index is -0.145. The van der Waals surface area contributed by atoms with Crippen molar-refractivity contribution in [3.05, 3.63) is 23.3 Å². The van der Waals surface area contributed by atoms with Gasteiger partial charge in [-0.2, -0.15) is 0 Å². The summed E-state index contributed by atoms with van der Waals surface area (Å²) < 4.78 is 0. The molecule has 2 heteroatoms. The fourth-order valence-corrected chi connectivity index (χ4v) is 8.48. The van der Waals surface area contributed by atoms with Crippen molar-refractivity contribution in [3.8, 4) is 0 Å². The van der Waals surface area contributed by atoms with Gasteiger partial charge in [-0.05, 0) is 105 Å². The smallest absolute Gasteiger partial charge is 0.0579 e. The second-order valence-electron chi connectivity index (χ2n) is 12.3. The first-order valence-electron chi connectivity index (χ1n) is 12.8. The van der Waals surface area contributed by atoms with E-state index in [4.69, 9.17) is 0 Å². The topological polar surface area (TPSA) is 40.5 Å². The Bertz CT molecular complexity index is 705. The number of aliphatic hydroxyl groups excluding tert-OH is 2. The minimum Gasteiger partial charge on any atom is -0.393 e. The van der Waals surface area contributed by atoms with Gasteiger partial charge in [0.05, 0.1) is 12.2 Å². The lowest BCUT2D eigenvalue weighted by Gasteiger charge is -2.58. The summed E-state index contributed by atoms with van der Waals surface area (Å²) in [5.41, 5.74) is 3.59. The largest absolute Gasteiger partial charge is 0.393 e. The molecule has 30 heavy (non-hydrogen) atoms. The molecule has 0 aliphatic heterocycles. The van der Waals surface area contributed by atoms with Crippen molar-refractivity contribution in [3.63, 3.8) is 0 Å². The molecular weight excluding hydrogens is 368 g/mol. The first kappa shape index (κ1) is 22.6. The van der Waals surface area contributed by atoms with E-state index in [2.05, 4.69) is 53.7 Å². The molecule has 0 amide bonds. The van der Waals surface area contributed by atoms with Crippen LogP contribution in [0.25, 0.3) is 0 Å². The number of hydrogen-bond donors (Lipinski definition) is 2. The van der Waals surface area contributed by atoms with Crippen LogP contribution in [0.4, 0.5) is 0 Å². The molecule has 0 radical (unpaired) electrons. The normalized spacial score (nSPS) is 47.4. The molecule has 4 aliphatic carbocycles. The van der Waals surface area contributed by atoms with Crippen molar-refractivity contribution in [1.82, 2.24) is 0 Å².